The SMILES string of the molecule is O[C@H]1CCCC1N1CCOCC1. The molecular formula is C9H17NO2. The molecule has 2 fully saturated rings. The van der Waals surface area contributed by atoms with Crippen molar-refractivity contribution in [3.05, 3.63) is 0 Å². The predicted octanol–water partition coefficient (Wildman–Crippen LogP) is 0.232. The fraction of sp³-hybridized carbons (Fsp3) is 1.00. The highest BCUT2D eigenvalue weighted by Crippen LogP contribution is 2.24. The average Bonchev–Trinajstić information content (AvgIpc) is 2.53. The fourth-order valence-electron chi connectivity index (χ4n) is 2.26. The van der Waals surface area contributed by atoms with Crippen LogP contribution in [0.15, 0.2) is 0 Å². The summed E-state index contributed by atoms with van der Waals surface area (Å²) in [7, 11) is 0. The van der Waals surface area contributed by atoms with E-state index in [4.69, 9.17) is 4.74 Å². The van der Waals surface area contributed by atoms with Crippen molar-refractivity contribution >= 4 is 0 Å². The minimum absolute atomic E-state index is 0.0805. The third-order valence-electron chi connectivity index (χ3n) is 2.96. The van der Waals surface area contributed by atoms with Gasteiger partial charge in [-0.1, -0.05) is 0 Å². The van der Waals surface area contributed by atoms with Crippen LogP contribution < -0.4 is 0 Å². The third kappa shape index (κ3) is 1.63. The summed E-state index contributed by atoms with van der Waals surface area (Å²) >= 11 is 0. The van der Waals surface area contributed by atoms with E-state index in [-0.39, 0.29) is 6.10 Å². The molecule has 2 atom stereocenters. The van der Waals surface area contributed by atoms with E-state index in [1.54, 1.807) is 0 Å². The van der Waals surface area contributed by atoms with E-state index in [0.717, 1.165) is 32.7 Å². The molecule has 0 radical (unpaired) electrons. The van der Waals surface area contributed by atoms with Crippen molar-refractivity contribution in [3.63, 3.8) is 0 Å². The van der Waals surface area contributed by atoms with Gasteiger partial charge in [0.2, 0.25) is 0 Å². The lowest BCUT2D eigenvalue weighted by Gasteiger charge is -2.33. The Hall–Kier alpha value is -0.120. The molecule has 0 spiro atoms. The van der Waals surface area contributed by atoms with Crippen LogP contribution in [0.2, 0.25) is 0 Å². The lowest BCUT2D eigenvalue weighted by Crippen LogP contribution is -2.46. The van der Waals surface area contributed by atoms with E-state index in [1.165, 1.54) is 12.8 Å². The molecule has 1 heterocycles. The molecule has 2 aliphatic rings. The monoisotopic (exact) mass is 171 g/mol. The zero-order valence-corrected chi connectivity index (χ0v) is 7.41. The van der Waals surface area contributed by atoms with Gasteiger partial charge in [-0.25, -0.2) is 0 Å². The molecule has 1 saturated heterocycles. The van der Waals surface area contributed by atoms with Gasteiger partial charge in [0.05, 0.1) is 19.3 Å². The van der Waals surface area contributed by atoms with Crippen LogP contribution in [-0.2, 0) is 4.74 Å². The van der Waals surface area contributed by atoms with Crippen molar-refractivity contribution < 1.29 is 9.84 Å². The Morgan fingerprint density at radius 2 is 1.92 bits per heavy atom. The number of nitrogens with zero attached hydrogens (tertiary/aromatic N) is 1. The molecule has 0 aromatic heterocycles. The summed E-state index contributed by atoms with van der Waals surface area (Å²) in [6.07, 6.45) is 3.26. The number of aliphatic hydroxyl groups excluding tert-OH is 1. The molecule has 3 nitrogen and oxygen atoms in total. The zero-order chi connectivity index (χ0) is 8.39. The molecule has 1 aliphatic carbocycles. The molecule has 70 valence electrons. The van der Waals surface area contributed by atoms with Crippen LogP contribution >= 0.6 is 0 Å². The van der Waals surface area contributed by atoms with Gasteiger partial charge >= 0.3 is 0 Å². The van der Waals surface area contributed by atoms with Crippen LogP contribution in [0.3, 0.4) is 0 Å². The van der Waals surface area contributed by atoms with Gasteiger partial charge in [-0.3, -0.25) is 4.90 Å². The fourth-order valence-corrected chi connectivity index (χ4v) is 2.26. The van der Waals surface area contributed by atoms with E-state index in [9.17, 15) is 5.11 Å². The minimum Gasteiger partial charge on any atom is -0.391 e. The summed E-state index contributed by atoms with van der Waals surface area (Å²) in [5.74, 6) is 0. The lowest BCUT2D eigenvalue weighted by molar-refractivity contribution is -0.0113. The third-order valence-corrected chi connectivity index (χ3v) is 2.96. The number of rotatable bonds is 1. The van der Waals surface area contributed by atoms with E-state index in [1.807, 2.05) is 0 Å². The molecule has 0 aromatic carbocycles. The van der Waals surface area contributed by atoms with E-state index in [0.29, 0.717) is 6.04 Å². The van der Waals surface area contributed by atoms with Gasteiger partial charge in [-0.15, -0.1) is 0 Å². The van der Waals surface area contributed by atoms with Crippen molar-refractivity contribution in [1.82, 2.24) is 4.90 Å². The number of ether oxygens (including phenoxy) is 1. The molecule has 0 aromatic rings. The Balaban J connectivity index is 1.89. The first-order valence-electron chi connectivity index (χ1n) is 4.88. The standard InChI is InChI=1S/C9H17NO2/c11-9-3-1-2-8(9)10-4-6-12-7-5-10/h8-9,11H,1-7H2/t8?,9-/m0/s1. The van der Waals surface area contributed by atoms with Crippen LogP contribution in [0.4, 0.5) is 0 Å². The lowest BCUT2D eigenvalue weighted by atomic mass is 10.1. The Bertz CT molecular complexity index is 145. The van der Waals surface area contributed by atoms with Gasteiger partial charge < -0.3 is 9.84 Å². The number of hydrogen-bond donors (Lipinski definition) is 1. The predicted molar refractivity (Wildman–Crippen MR) is 46.0 cm³/mol. The first kappa shape index (κ1) is 8.48. The highest BCUT2D eigenvalue weighted by Gasteiger charge is 2.31. The summed E-state index contributed by atoms with van der Waals surface area (Å²) < 4.78 is 5.27. The van der Waals surface area contributed by atoms with Crippen LogP contribution in [0.1, 0.15) is 19.3 Å². The molecular weight excluding hydrogens is 154 g/mol. The molecule has 1 aliphatic heterocycles. The number of hydrogen-bond acceptors (Lipinski definition) is 3. The Morgan fingerprint density at radius 1 is 1.17 bits per heavy atom. The normalized spacial score (nSPS) is 38.8. The largest absolute Gasteiger partial charge is 0.391 e. The molecule has 1 saturated carbocycles. The maximum Gasteiger partial charge on any atom is 0.0695 e. The van der Waals surface area contributed by atoms with Gasteiger partial charge in [-0.05, 0) is 19.3 Å². The summed E-state index contributed by atoms with van der Waals surface area (Å²) in [6, 6.07) is 0.425. The van der Waals surface area contributed by atoms with Gasteiger partial charge in [0.25, 0.3) is 0 Å². The van der Waals surface area contributed by atoms with E-state index >= 15 is 0 Å². The van der Waals surface area contributed by atoms with Crippen LogP contribution in [0, 0.1) is 0 Å². The number of aliphatic hydroxyl groups is 1. The van der Waals surface area contributed by atoms with Gasteiger partial charge in [0.1, 0.15) is 0 Å². The molecule has 0 bridgehead atoms. The molecule has 12 heavy (non-hydrogen) atoms. The van der Waals surface area contributed by atoms with Crippen molar-refractivity contribution in [1.29, 1.82) is 0 Å². The number of morpholine rings is 1. The van der Waals surface area contributed by atoms with Crippen molar-refractivity contribution in [2.45, 2.75) is 31.4 Å². The average molecular weight is 171 g/mol. The second kappa shape index (κ2) is 3.73. The summed E-state index contributed by atoms with van der Waals surface area (Å²) in [4.78, 5) is 2.38. The Kier molecular flexibility index (Phi) is 2.63. The molecule has 3 heteroatoms. The Labute approximate surface area is 73.3 Å². The highest BCUT2D eigenvalue weighted by atomic mass is 16.5. The smallest absolute Gasteiger partial charge is 0.0695 e. The maximum absolute atomic E-state index is 9.66. The van der Waals surface area contributed by atoms with Gasteiger partial charge in [0, 0.05) is 19.1 Å². The van der Waals surface area contributed by atoms with Crippen molar-refractivity contribution in [2.24, 2.45) is 0 Å². The van der Waals surface area contributed by atoms with E-state index in [2.05, 4.69) is 4.90 Å². The highest BCUT2D eigenvalue weighted by molar-refractivity contribution is 4.85. The van der Waals surface area contributed by atoms with Crippen LogP contribution in [0.25, 0.3) is 0 Å². The summed E-state index contributed by atoms with van der Waals surface area (Å²) in [5.41, 5.74) is 0. The van der Waals surface area contributed by atoms with Gasteiger partial charge in [-0.2, -0.15) is 0 Å². The van der Waals surface area contributed by atoms with E-state index < -0.39 is 0 Å². The first-order chi connectivity index (χ1) is 5.88. The van der Waals surface area contributed by atoms with Crippen LogP contribution in [-0.4, -0.2) is 48.5 Å². The maximum atomic E-state index is 9.66. The molecule has 1 N–H and O–H groups in total. The minimum atomic E-state index is -0.0805. The Morgan fingerprint density at radius 3 is 2.50 bits per heavy atom. The molecule has 0 amide bonds. The summed E-state index contributed by atoms with van der Waals surface area (Å²) in [5, 5.41) is 9.66. The quantitative estimate of drug-likeness (QED) is 0.613. The van der Waals surface area contributed by atoms with Gasteiger partial charge in [0.15, 0.2) is 0 Å². The van der Waals surface area contributed by atoms with Crippen molar-refractivity contribution in [2.75, 3.05) is 26.3 Å². The second-order valence-corrected chi connectivity index (χ2v) is 3.71. The first-order valence-corrected chi connectivity index (χ1v) is 4.88. The van der Waals surface area contributed by atoms with Crippen molar-refractivity contribution in [3.8, 4) is 0 Å². The van der Waals surface area contributed by atoms with Crippen LogP contribution in [0.5, 0.6) is 0 Å². The second-order valence-electron chi connectivity index (χ2n) is 3.71. The zero-order valence-electron chi connectivity index (χ0n) is 7.41. The topological polar surface area (TPSA) is 32.7 Å². The molecule has 2 rings (SSSR count). The molecule has 1 unspecified atom stereocenters. The summed E-state index contributed by atoms with van der Waals surface area (Å²) in [6.45, 7) is 3.68.